The predicted octanol–water partition coefficient (Wildman–Crippen LogP) is 4.02. The first-order valence-electron chi connectivity index (χ1n) is 9.32. The fourth-order valence-electron chi connectivity index (χ4n) is 3.22. The molecule has 2 heterocycles. The second-order valence-corrected chi connectivity index (χ2v) is 7.93. The maximum atomic E-state index is 5.50. The third-order valence-electron chi connectivity index (χ3n) is 4.73. The molecule has 140 valence electrons. The third-order valence-corrected chi connectivity index (χ3v) is 5.86. The fraction of sp³-hybridized carbons (Fsp3) is 0.333. The van der Waals surface area contributed by atoms with Crippen molar-refractivity contribution < 1.29 is 4.74 Å². The minimum atomic E-state index is 0.308. The van der Waals surface area contributed by atoms with Gasteiger partial charge < -0.3 is 9.64 Å². The van der Waals surface area contributed by atoms with Gasteiger partial charge in [0.2, 0.25) is 5.95 Å². The smallest absolute Gasteiger partial charge is 0.228 e. The first kappa shape index (κ1) is 18.1. The number of benzene rings is 2. The van der Waals surface area contributed by atoms with Crippen molar-refractivity contribution in [1.82, 2.24) is 14.8 Å². The van der Waals surface area contributed by atoms with Crippen LogP contribution in [0.3, 0.4) is 0 Å². The molecule has 3 aromatic rings. The number of morpholine rings is 1. The van der Waals surface area contributed by atoms with Gasteiger partial charge >= 0.3 is 0 Å². The van der Waals surface area contributed by atoms with E-state index in [2.05, 4.69) is 81.2 Å². The van der Waals surface area contributed by atoms with Crippen LogP contribution in [0.2, 0.25) is 0 Å². The van der Waals surface area contributed by atoms with Crippen molar-refractivity contribution >= 4 is 17.7 Å². The summed E-state index contributed by atoms with van der Waals surface area (Å²) in [6.07, 6.45) is 0. The molecule has 1 saturated heterocycles. The lowest BCUT2D eigenvalue weighted by Gasteiger charge is -2.28. The van der Waals surface area contributed by atoms with Crippen LogP contribution in [0.4, 0.5) is 5.95 Å². The van der Waals surface area contributed by atoms with E-state index >= 15 is 0 Å². The second-order valence-electron chi connectivity index (χ2n) is 6.62. The summed E-state index contributed by atoms with van der Waals surface area (Å²) in [4.78, 5) is 2.27. The Morgan fingerprint density at radius 2 is 1.63 bits per heavy atom. The van der Waals surface area contributed by atoms with Crippen molar-refractivity contribution in [2.24, 2.45) is 0 Å². The minimum absolute atomic E-state index is 0.308. The van der Waals surface area contributed by atoms with Gasteiger partial charge in [0.1, 0.15) is 0 Å². The number of anilines is 1. The normalized spacial score (nSPS) is 15.7. The van der Waals surface area contributed by atoms with E-state index in [-0.39, 0.29) is 0 Å². The molecule has 1 atom stereocenters. The van der Waals surface area contributed by atoms with Gasteiger partial charge in [-0.2, -0.15) is 0 Å². The SMILES string of the molecule is CC(Sc1nnc(N2CCOCC2)n1Cc1ccccc1)c1ccccc1. The topological polar surface area (TPSA) is 43.2 Å². The van der Waals surface area contributed by atoms with Crippen LogP contribution in [0.5, 0.6) is 0 Å². The largest absolute Gasteiger partial charge is 0.378 e. The molecule has 1 aromatic heterocycles. The number of hydrogen-bond acceptors (Lipinski definition) is 5. The molecular formula is C21H24N4OS. The van der Waals surface area contributed by atoms with E-state index in [4.69, 9.17) is 4.74 Å². The summed E-state index contributed by atoms with van der Waals surface area (Å²) in [6, 6.07) is 21.1. The standard InChI is InChI=1S/C21H24N4OS/c1-17(19-10-6-3-7-11-19)27-21-23-22-20(24-12-14-26-15-13-24)25(21)16-18-8-4-2-5-9-18/h2-11,17H,12-16H2,1H3. The highest BCUT2D eigenvalue weighted by molar-refractivity contribution is 7.99. The van der Waals surface area contributed by atoms with Gasteiger partial charge in [-0.15, -0.1) is 10.2 Å². The van der Waals surface area contributed by atoms with Crippen LogP contribution in [-0.4, -0.2) is 41.1 Å². The van der Waals surface area contributed by atoms with E-state index in [9.17, 15) is 0 Å². The van der Waals surface area contributed by atoms with E-state index in [1.807, 2.05) is 6.07 Å². The molecule has 0 aliphatic carbocycles. The summed E-state index contributed by atoms with van der Waals surface area (Å²) in [5.41, 5.74) is 2.55. The minimum Gasteiger partial charge on any atom is -0.378 e. The Morgan fingerprint density at radius 1 is 0.963 bits per heavy atom. The summed E-state index contributed by atoms with van der Waals surface area (Å²) in [6.45, 7) is 6.17. The van der Waals surface area contributed by atoms with Crippen molar-refractivity contribution in [3.8, 4) is 0 Å². The zero-order chi connectivity index (χ0) is 18.5. The van der Waals surface area contributed by atoms with Crippen molar-refractivity contribution in [2.45, 2.75) is 23.9 Å². The summed E-state index contributed by atoms with van der Waals surface area (Å²) < 4.78 is 7.75. The Hall–Kier alpha value is -2.31. The Bertz CT molecular complexity index is 847. The monoisotopic (exact) mass is 380 g/mol. The molecule has 5 nitrogen and oxygen atoms in total. The van der Waals surface area contributed by atoms with E-state index in [1.54, 1.807) is 11.8 Å². The van der Waals surface area contributed by atoms with Crippen molar-refractivity contribution in [2.75, 3.05) is 31.2 Å². The highest BCUT2D eigenvalue weighted by Crippen LogP contribution is 2.35. The lowest BCUT2D eigenvalue weighted by molar-refractivity contribution is 0.121. The number of rotatable bonds is 6. The molecule has 0 radical (unpaired) electrons. The van der Waals surface area contributed by atoms with Gasteiger partial charge in [0, 0.05) is 18.3 Å². The molecule has 1 aliphatic rings. The zero-order valence-electron chi connectivity index (χ0n) is 15.5. The van der Waals surface area contributed by atoms with Gasteiger partial charge in [0.15, 0.2) is 5.16 Å². The van der Waals surface area contributed by atoms with Crippen molar-refractivity contribution in [3.05, 3.63) is 71.8 Å². The average Bonchev–Trinajstić information content (AvgIpc) is 3.12. The Kier molecular flexibility index (Phi) is 5.75. The molecule has 0 amide bonds. The van der Waals surface area contributed by atoms with Gasteiger partial charge in [-0.25, -0.2) is 0 Å². The molecule has 2 aromatic carbocycles. The molecule has 1 aliphatic heterocycles. The zero-order valence-corrected chi connectivity index (χ0v) is 16.3. The highest BCUT2D eigenvalue weighted by atomic mass is 32.2. The first-order chi connectivity index (χ1) is 13.3. The highest BCUT2D eigenvalue weighted by Gasteiger charge is 2.22. The average molecular weight is 381 g/mol. The molecular weight excluding hydrogens is 356 g/mol. The number of ether oxygens (including phenoxy) is 1. The van der Waals surface area contributed by atoms with Crippen LogP contribution >= 0.6 is 11.8 Å². The summed E-state index contributed by atoms with van der Waals surface area (Å²) in [5, 5.41) is 10.4. The molecule has 0 saturated carbocycles. The first-order valence-corrected chi connectivity index (χ1v) is 10.2. The summed E-state index contributed by atoms with van der Waals surface area (Å²) in [7, 11) is 0. The van der Waals surface area contributed by atoms with Crippen LogP contribution in [0.25, 0.3) is 0 Å². The van der Waals surface area contributed by atoms with Crippen LogP contribution in [0, 0.1) is 0 Å². The number of thioether (sulfide) groups is 1. The third kappa shape index (κ3) is 4.34. The number of hydrogen-bond donors (Lipinski definition) is 0. The van der Waals surface area contributed by atoms with Crippen LogP contribution < -0.4 is 4.90 Å². The van der Waals surface area contributed by atoms with Gasteiger partial charge in [0.05, 0.1) is 19.8 Å². The number of aromatic nitrogens is 3. The molecule has 1 fully saturated rings. The van der Waals surface area contributed by atoms with Crippen molar-refractivity contribution in [3.63, 3.8) is 0 Å². The molecule has 6 heteroatoms. The quantitative estimate of drug-likeness (QED) is 0.605. The lowest BCUT2D eigenvalue weighted by Crippen LogP contribution is -2.38. The van der Waals surface area contributed by atoms with E-state index < -0.39 is 0 Å². The number of nitrogens with zero attached hydrogens (tertiary/aromatic N) is 4. The van der Waals surface area contributed by atoms with Crippen LogP contribution in [0.1, 0.15) is 23.3 Å². The van der Waals surface area contributed by atoms with Gasteiger partial charge in [-0.3, -0.25) is 4.57 Å². The predicted molar refractivity (Wildman–Crippen MR) is 109 cm³/mol. The van der Waals surface area contributed by atoms with Crippen LogP contribution in [0.15, 0.2) is 65.8 Å². The Labute approximate surface area is 164 Å². The molecule has 0 spiro atoms. The van der Waals surface area contributed by atoms with Gasteiger partial charge in [-0.05, 0) is 18.1 Å². The molecule has 0 bridgehead atoms. The maximum absolute atomic E-state index is 5.50. The van der Waals surface area contributed by atoms with E-state index in [1.165, 1.54) is 11.1 Å². The molecule has 4 rings (SSSR count). The Morgan fingerprint density at radius 3 is 2.33 bits per heavy atom. The maximum Gasteiger partial charge on any atom is 0.228 e. The summed E-state index contributed by atoms with van der Waals surface area (Å²) in [5.74, 6) is 0.935. The van der Waals surface area contributed by atoms with Crippen LogP contribution in [-0.2, 0) is 11.3 Å². The van der Waals surface area contributed by atoms with E-state index in [0.29, 0.717) is 5.25 Å². The fourth-order valence-corrected chi connectivity index (χ4v) is 4.19. The summed E-state index contributed by atoms with van der Waals surface area (Å²) >= 11 is 1.76. The van der Waals surface area contributed by atoms with Crippen molar-refractivity contribution in [1.29, 1.82) is 0 Å². The molecule has 1 unspecified atom stereocenters. The van der Waals surface area contributed by atoms with E-state index in [0.717, 1.165) is 44.0 Å². The van der Waals surface area contributed by atoms with Gasteiger partial charge in [-0.1, -0.05) is 72.4 Å². The Balaban J connectivity index is 1.62. The lowest BCUT2D eigenvalue weighted by atomic mass is 10.2. The molecule has 27 heavy (non-hydrogen) atoms. The molecule has 0 N–H and O–H groups in total. The second kappa shape index (κ2) is 8.59. The van der Waals surface area contributed by atoms with Gasteiger partial charge in [0.25, 0.3) is 0 Å².